The van der Waals surface area contributed by atoms with Crippen LogP contribution in [-0.2, 0) is 4.79 Å². The van der Waals surface area contributed by atoms with Crippen molar-refractivity contribution in [1.29, 1.82) is 0 Å². The number of anilines is 2. The Hall–Kier alpha value is -3.33. The van der Waals surface area contributed by atoms with Crippen molar-refractivity contribution in [2.24, 2.45) is 0 Å². The van der Waals surface area contributed by atoms with Gasteiger partial charge in [0.15, 0.2) is 0 Å². The quantitative estimate of drug-likeness (QED) is 0.512. The molecule has 3 nitrogen and oxygen atoms in total. The minimum Gasteiger partial charge on any atom is -0.388 e. The van der Waals surface area contributed by atoms with E-state index in [0.717, 1.165) is 45.1 Å². The van der Waals surface area contributed by atoms with Crippen molar-refractivity contribution < 1.29 is 4.79 Å². The molecule has 0 saturated heterocycles. The Bertz CT molecular complexity index is 1120. The molecule has 0 atom stereocenters. The molecule has 0 unspecified atom stereocenters. The van der Waals surface area contributed by atoms with Crippen LogP contribution in [0.1, 0.15) is 0 Å². The molecule has 1 N–H and O–H groups in total. The summed E-state index contributed by atoms with van der Waals surface area (Å²) in [6.07, 6.45) is 0.859. The highest BCUT2D eigenvalue weighted by Gasteiger charge is 2.18. The van der Waals surface area contributed by atoms with Gasteiger partial charge in [-0.2, -0.15) is 0 Å². The molecule has 128 valence electrons. The van der Waals surface area contributed by atoms with E-state index in [-0.39, 0.29) is 0 Å². The van der Waals surface area contributed by atoms with Crippen molar-refractivity contribution in [3.8, 4) is 11.1 Å². The number of benzene rings is 4. The van der Waals surface area contributed by atoms with Crippen LogP contribution in [0.15, 0.2) is 72.8 Å². The first-order valence-corrected chi connectivity index (χ1v) is 8.64. The zero-order valence-corrected chi connectivity index (χ0v) is 14.9. The molecule has 0 radical (unpaired) electrons. The van der Waals surface area contributed by atoms with E-state index in [1.165, 1.54) is 5.39 Å². The number of rotatable bonds is 4. The monoisotopic (exact) mass is 340 g/mol. The third-order valence-corrected chi connectivity index (χ3v) is 4.89. The molecule has 26 heavy (non-hydrogen) atoms. The van der Waals surface area contributed by atoms with E-state index in [9.17, 15) is 4.79 Å². The summed E-state index contributed by atoms with van der Waals surface area (Å²) in [5.74, 6) is 0. The van der Waals surface area contributed by atoms with Gasteiger partial charge in [-0.15, -0.1) is 0 Å². The minimum absolute atomic E-state index is 0.859. The minimum atomic E-state index is 0.859. The molecule has 0 aliphatic carbocycles. The lowest BCUT2D eigenvalue weighted by Crippen LogP contribution is -2.15. The van der Waals surface area contributed by atoms with E-state index in [1.54, 1.807) is 11.9 Å². The second kappa shape index (κ2) is 6.52. The Labute approximate surface area is 152 Å². The van der Waals surface area contributed by atoms with Crippen LogP contribution in [0.5, 0.6) is 0 Å². The van der Waals surface area contributed by atoms with E-state index in [1.807, 2.05) is 31.3 Å². The van der Waals surface area contributed by atoms with Crippen LogP contribution < -0.4 is 10.2 Å². The molecule has 4 aromatic rings. The summed E-state index contributed by atoms with van der Waals surface area (Å²) < 4.78 is 0. The number of nitrogens with one attached hydrogen (secondary N) is 1. The third kappa shape index (κ3) is 2.49. The van der Waals surface area contributed by atoms with Gasteiger partial charge in [0.2, 0.25) is 6.41 Å². The normalized spacial score (nSPS) is 10.8. The van der Waals surface area contributed by atoms with E-state index in [0.29, 0.717) is 0 Å². The fraction of sp³-hybridized carbons (Fsp3) is 0.0870. The lowest BCUT2D eigenvalue weighted by atomic mass is 9.90. The summed E-state index contributed by atoms with van der Waals surface area (Å²) in [6, 6.07) is 25.0. The molecule has 4 aromatic carbocycles. The number of carbonyl (C=O) groups is 1. The van der Waals surface area contributed by atoms with Crippen molar-refractivity contribution >= 4 is 39.3 Å². The highest BCUT2D eigenvalue weighted by molar-refractivity contribution is 6.14. The van der Waals surface area contributed by atoms with Crippen LogP contribution in [0, 0.1) is 0 Å². The molecule has 3 heteroatoms. The number of nitrogens with zero attached hydrogens (tertiary/aromatic N) is 1. The van der Waals surface area contributed by atoms with Crippen LogP contribution in [0.25, 0.3) is 32.7 Å². The van der Waals surface area contributed by atoms with Gasteiger partial charge in [0.1, 0.15) is 0 Å². The maximum atomic E-state index is 11.6. The Morgan fingerprint density at radius 1 is 0.769 bits per heavy atom. The first-order chi connectivity index (χ1) is 12.7. The molecule has 0 aliphatic rings. The van der Waals surface area contributed by atoms with Crippen molar-refractivity contribution in [2.75, 3.05) is 24.3 Å². The van der Waals surface area contributed by atoms with Gasteiger partial charge in [-0.25, -0.2) is 0 Å². The van der Waals surface area contributed by atoms with Crippen LogP contribution in [-0.4, -0.2) is 20.5 Å². The van der Waals surface area contributed by atoms with Crippen molar-refractivity contribution in [1.82, 2.24) is 0 Å². The highest BCUT2D eigenvalue weighted by atomic mass is 16.1. The van der Waals surface area contributed by atoms with Crippen molar-refractivity contribution in [3.05, 3.63) is 72.8 Å². The van der Waals surface area contributed by atoms with Gasteiger partial charge in [0.25, 0.3) is 0 Å². The molecule has 4 rings (SSSR count). The smallest absolute Gasteiger partial charge is 0.213 e. The van der Waals surface area contributed by atoms with Crippen molar-refractivity contribution in [2.45, 2.75) is 0 Å². The molecule has 0 bridgehead atoms. The molecular weight excluding hydrogens is 320 g/mol. The lowest BCUT2D eigenvalue weighted by molar-refractivity contribution is -0.107. The first-order valence-electron chi connectivity index (χ1n) is 8.64. The number of carbonyl (C=O) groups excluding carboxylic acids is 1. The standard InChI is InChI=1S/C23H20N2O/c1-24-20-13-11-16-7-3-5-9-18(16)22(20)23-19-10-6-4-8-17(19)12-14-21(23)25(2)15-26/h3-15,24H,1-2H3. The van der Waals surface area contributed by atoms with E-state index in [4.69, 9.17) is 0 Å². The number of amides is 1. The van der Waals surface area contributed by atoms with Crippen LogP contribution >= 0.6 is 0 Å². The van der Waals surface area contributed by atoms with E-state index >= 15 is 0 Å². The van der Waals surface area contributed by atoms with Gasteiger partial charge < -0.3 is 10.2 Å². The second-order valence-electron chi connectivity index (χ2n) is 6.36. The first kappa shape index (κ1) is 16.2. The summed E-state index contributed by atoms with van der Waals surface area (Å²) in [5.41, 5.74) is 4.12. The Kier molecular flexibility index (Phi) is 4.05. The molecule has 1 amide bonds. The van der Waals surface area contributed by atoms with Crippen LogP contribution in [0.4, 0.5) is 11.4 Å². The van der Waals surface area contributed by atoms with E-state index < -0.39 is 0 Å². The number of hydrogen-bond acceptors (Lipinski definition) is 2. The number of fused-ring (bicyclic) bond motifs is 2. The van der Waals surface area contributed by atoms with Gasteiger partial charge in [-0.05, 0) is 33.7 Å². The second-order valence-corrected chi connectivity index (χ2v) is 6.36. The molecule has 0 fully saturated rings. The molecule has 0 heterocycles. The number of hydrogen-bond donors (Lipinski definition) is 1. The topological polar surface area (TPSA) is 32.3 Å². The van der Waals surface area contributed by atoms with Gasteiger partial charge in [-0.1, -0.05) is 60.7 Å². The maximum Gasteiger partial charge on any atom is 0.213 e. The van der Waals surface area contributed by atoms with Crippen LogP contribution in [0.2, 0.25) is 0 Å². The van der Waals surface area contributed by atoms with E-state index in [2.05, 4.69) is 53.8 Å². The summed E-state index contributed by atoms with van der Waals surface area (Å²) in [6.45, 7) is 0. The van der Waals surface area contributed by atoms with Gasteiger partial charge in [0.05, 0.1) is 5.69 Å². The molecular formula is C23H20N2O. The zero-order chi connectivity index (χ0) is 18.1. The molecule has 0 saturated carbocycles. The summed E-state index contributed by atoms with van der Waals surface area (Å²) in [4.78, 5) is 13.2. The largest absolute Gasteiger partial charge is 0.388 e. The average molecular weight is 340 g/mol. The summed E-state index contributed by atoms with van der Waals surface area (Å²) >= 11 is 0. The third-order valence-electron chi connectivity index (χ3n) is 4.89. The Morgan fingerprint density at radius 3 is 1.96 bits per heavy atom. The maximum absolute atomic E-state index is 11.6. The molecule has 0 aromatic heterocycles. The van der Waals surface area contributed by atoms with Crippen molar-refractivity contribution in [3.63, 3.8) is 0 Å². The zero-order valence-electron chi connectivity index (χ0n) is 14.9. The highest BCUT2D eigenvalue weighted by Crippen LogP contribution is 2.44. The molecule has 0 spiro atoms. The Balaban J connectivity index is 2.21. The molecule has 0 aliphatic heterocycles. The summed E-state index contributed by atoms with van der Waals surface area (Å²) in [7, 11) is 3.73. The van der Waals surface area contributed by atoms with Crippen LogP contribution in [0.3, 0.4) is 0 Å². The lowest BCUT2D eigenvalue weighted by Gasteiger charge is -2.22. The van der Waals surface area contributed by atoms with Gasteiger partial charge in [0, 0.05) is 30.9 Å². The fourth-order valence-corrected chi connectivity index (χ4v) is 3.62. The Morgan fingerprint density at radius 2 is 1.35 bits per heavy atom. The predicted octanol–water partition coefficient (Wildman–Crippen LogP) is 5.29. The predicted molar refractivity (Wildman–Crippen MR) is 111 cm³/mol. The van der Waals surface area contributed by atoms with Gasteiger partial charge >= 0.3 is 0 Å². The summed E-state index contributed by atoms with van der Waals surface area (Å²) in [5, 5.41) is 7.95. The van der Waals surface area contributed by atoms with Gasteiger partial charge in [-0.3, -0.25) is 4.79 Å². The average Bonchev–Trinajstić information content (AvgIpc) is 2.71. The fourth-order valence-electron chi connectivity index (χ4n) is 3.62. The SMILES string of the molecule is CNc1ccc2ccccc2c1-c1c(N(C)C=O)ccc2ccccc12.